The zero-order valence-corrected chi connectivity index (χ0v) is 20.4. The average molecular weight is 451 g/mol. The molecule has 0 saturated heterocycles. The Labute approximate surface area is 182 Å². The Morgan fingerprint density at radius 3 is 2.10 bits per heavy atom. The molecule has 0 aliphatic rings. The quantitative estimate of drug-likeness (QED) is 0.330. The molecule has 0 aliphatic carbocycles. The predicted octanol–water partition coefficient (Wildman–Crippen LogP) is 2.92. The van der Waals surface area contributed by atoms with Gasteiger partial charge >= 0.3 is 5.97 Å². The molecule has 0 saturated carbocycles. The third-order valence-corrected chi connectivity index (χ3v) is 5.84. The number of rotatable bonds is 15. The van der Waals surface area contributed by atoms with Crippen LogP contribution in [0, 0.1) is 10.8 Å². The van der Waals surface area contributed by atoms with Crippen LogP contribution in [-0.4, -0.2) is 57.0 Å². The van der Waals surface area contributed by atoms with Crippen molar-refractivity contribution in [1.82, 2.24) is 10.0 Å². The molecule has 3 N–H and O–H groups in total. The molecule has 0 aromatic rings. The van der Waals surface area contributed by atoms with Crippen LogP contribution in [0.15, 0.2) is 0 Å². The van der Waals surface area contributed by atoms with Crippen LogP contribution in [0.25, 0.3) is 0 Å². The standard InChI is InChI=1S/C21H42N2O6S/c1-20(2,3)11-8-7-9-17(19(25)26)23-30(27,28)16-13-22-18(24)10-14-29-15-12-21(4,5)6/h17,23H,7-16H2,1-6H3,(H,22,24)(H,25,26)/t17-/m0/s1. The zero-order valence-electron chi connectivity index (χ0n) is 19.5. The van der Waals surface area contributed by atoms with Gasteiger partial charge in [-0.15, -0.1) is 0 Å². The van der Waals surface area contributed by atoms with E-state index in [0.717, 1.165) is 19.3 Å². The second kappa shape index (κ2) is 13.3. The largest absolute Gasteiger partial charge is 0.480 e. The minimum atomic E-state index is -3.81. The van der Waals surface area contributed by atoms with Gasteiger partial charge in [-0.1, -0.05) is 54.4 Å². The number of nitrogens with one attached hydrogen (secondary N) is 2. The third-order valence-electron chi connectivity index (χ3n) is 4.45. The summed E-state index contributed by atoms with van der Waals surface area (Å²) in [5, 5.41) is 11.8. The van der Waals surface area contributed by atoms with Gasteiger partial charge in [0, 0.05) is 19.6 Å². The third kappa shape index (κ3) is 17.7. The molecule has 0 aromatic carbocycles. The minimum absolute atomic E-state index is 0.0769. The van der Waals surface area contributed by atoms with E-state index in [4.69, 9.17) is 4.74 Å². The summed E-state index contributed by atoms with van der Waals surface area (Å²) in [6, 6.07) is -1.15. The van der Waals surface area contributed by atoms with Gasteiger partial charge in [-0.2, -0.15) is 0 Å². The van der Waals surface area contributed by atoms with E-state index in [-0.39, 0.29) is 48.5 Å². The normalized spacial score (nSPS) is 13.8. The molecule has 0 aliphatic heterocycles. The molecule has 178 valence electrons. The second-order valence-corrected chi connectivity index (χ2v) is 12.0. The maximum Gasteiger partial charge on any atom is 0.321 e. The molecule has 8 nitrogen and oxygen atoms in total. The van der Waals surface area contributed by atoms with Crippen LogP contribution in [-0.2, 0) is 24.3 Å². The summed E-state index contributed by atoms with van der Waals surface area (Å²) in [5.41, 5.74) is 0.331. The monoisotopic (exact) mass is 450 g/mol. The van der Waals surface area contributed by atoms with Crippen LogP contribution in [0.4, 0.5) is 0 Å². The lowest BCUT2D eigenvalue weighted by molar-refractivity contribution is -0.139. The van der Waals surface area contributed by atoms with Gasteiger partial charge in [-0.25, -0.2) is 13.1 Å². The van der Waals surface area contributed by atoms with Gasteiger partial charge in [0.05, 0.1) is 12.4 Å². The lowest BCUT2D eigenvalue weighted by Crippen LogP contribution is -2.43. The van der Waals surface area contributed by atoms with Crippen LogP contribution < -0.4 is 10.0 Å². The Morgan fingerprint density at radius 1 is 0.967 bits per heavy atom. The van der Waals surface area contributed by atoms with Crippen molar-refractivity contribution in [2.75, 3.05) is 25.5 Å². The topological polar surface area (TPSA) is 122 Å². The maximum absolute atomic E-state index is 12.2. The number of hydrogen-bond donors (Lipinski definition) is 3. The van der Waals surface area contributed by atoms with E-state index >= 15 is 0 Å². The lowest BCUT2D eigenvalue weighted by Gasteiger charge is -2.19. The molecule has 0 spiro atoms. The van der Waals surface area contributed by atoms with E-state index in [1.807, 2.05) is 0 Å². The minimum Gasteiger partial charge on any atom is -0.480 e. The number of unbranched alkanes of at least 4 members (excludes halogenated alkanes) is 1. The van der Waals surface area contributed by atoms with Crippen molar-refractivity contribution in [3.63, 3.8) is 0 Å². The van der Waals surface area contributed by atoms with Crippen molar-refractivity contribution in [3.05, 3.63) is 0 Å². The average Bonchev–Trinajstić information content (AvgIpc) is 2.55. The van der Waals surface area contributed by atoms with Crippen LogP contribution in [0.1, 0.15) is 80.1 Å². The van der Waals surface area contributed by atoms with E-state index in [1.54, 1.807) is 0 Å². The first kappa shape index (κ1) is 28.8. The summed E-state index contributed by atoms with van der Waals surface area (Å²) in [4.78, 5) is 23.1. The number of sulfonamides is 1. The molecular formula is C21H42N2O6S. The summed E-state index contributed by atoms with van der Waals surface area (Å²) in [6.45, 7) is 13.4. The molecule has 30 heavy (non-hydrogen) atoms. The number of carboxylic acids is 1. The first-order valence-corrected chi connectivity index (χ1v) is 12.3. The van der Waals surface area contributed by atoms with E-state index in [9.17, 15) is 23.1 Å². The first-order chi connectivity index (χ1) is 13.6. The molecule has 1 amide bonds. The molecule has 0 rings (SSSR count). The van der Waals surface area contributed by atoms with E-state index in [1.165, 1.54) is 0 Å². The molecule has 0 heterocycles. The van der Waals surface area contributed by atoms with Crippen LogP contribution in [0.2, 0.25) is 0 Å². The van der Waals surface area contributed by atoms with E-state index in [0.29, 0.717) is 13.0 Å². The summed E-state index contributed by atoms with van der Waals surface area (Å²) in [5.74, 6) is -1.85. The van der Waals surface area contributed by atoms with Crippen molar-refractivity contribution in [3.8, 4) is 0 Å². The van der Waals surface area contributed by atoms with Crippen molar-refractivity contribution in [2.45, 2.75) is 86.1 Å². The van der Waals surface area contributed by atoms with Crippen LogP contribution in [0.5, 0.6) is 0 Å². The SMILES string of the molecule is CC(C)(C)CCCC[C@H](NS(=O)(=O)CCNC(=O)CCOCCC(C)(C)C)C(=O)O. The molecule has 0 fully saturated rings. The highest BCUT2D eigenvalue weighted by Crippen LogP contribution is 2.22. The Kier molecular flexibility index (Phi) is 12.7. The molecule has 1 atom stereocenters. The number of carbonyl (C=O) groups excluding carboxylic acids is 1. The van der Waals surface area contributed by atoms with Gasteiger partial charge < -0.3 is 15.2 Å². The number of aliphatic carboxylic acids is 1. The number of hydrogen-bond acceptors (Lipinski definition) is 5. The highest BCUT2D eigenvalue weighted by Gasteiger charge is 2.24. The van der Waals surface area contributed by atoms with Crippen molar-refractivity contribution in [1.29, 1.82) is 0 Å². The first-order valence-electron chi connectivity index (χ1n) is 10.7. The Hall–Kier alpha value is -1.19. The predicted molar refractivity (Wildman–Crippen MR) is 119 cm³/mol. The van der Waals surface area contributed by atoms with Gasteiger partial charge in [0.1, 0.15) is 6.04 Å². The smallest absolute Gasteiger partial charge is 0.321 e. The van der Waals surface area contributed by atoms with E-state index in [2.05, 4.69) is 51.6 Å². The van der Waals surface area contributed by atoms with Gasteiger partial charge in [0.2, 0.25) is 15.9 Å². The Bertz CT molecular complexity index is 620. The lowest BCUT2D eigenvalue weighted by atomic mass is 9.89. The highest BCUT2D eigenvalue weighted by atomic mass is 32.2. The number of carbonyl (C=O) groups is 2. The fourth-order valence-corrected chi connectivity index (χ4v) is 3.71. The zero-order chi connectivity index (χ0) is 23.4. The highest BCUT2D eigenvalue weighted by molar-refractivity contribution is 7.89. The Balaban J connectivity index is 4.17. The van der Waals surface area contributed by atoms with Crippen molar-refractivity contribution < 1.29 is 27.9 Å². The summed E-state index contributed by atoms with van der Waals surface area (Å²) in [7, 11) is -3.81. The van der Waals surface area contributed by atoms with Gasteiger partial charge in [-0.3, -0.25) is 9.59 Å². The van der Waals surface area contributed by atoms with Crippen LogP contribution >= 0.6 is 0 Å². The molecular weight excluding hydrogens is 408 g/mol. The Morgan fingerprint density at radius 2 is 1.57 bits per heavy atom. The van der Waals surface area contributed by atoms with Gasteiger partial charge in [-0.05, 0) is 30.1 Å². The van der Waals surface area contributed by atoms with Crippen molar-refractivity contribution in [2.24, 2.45) is 10.8 Å². The number of ether oxygens (including phenoxy) is 1. The molecule has 0 unspecified atom stereocenters. The maximum atomic E-state index is 12.2. The summed E-state index contributed by atoms with van der Waals surface area (Å²) in [6.07, 6.45) is 3.69. The molecule has 0 radical (unpaired) electrons. The summed E-state index contributed by atoms with van der Waals surface area (Å²) >= 11 is 0. The number of amides is 1. The number of carboxylic acid groups (broad SMARTS) is 1. The summed E-state index contributed by atoms with van der Waals surface area (Å²) < 4.78 is 32.0. The molecule has 0 aromatic heterocycles. The molecule has 9 heteroatoms. The molecule has 0 bridgehead atoms. The van der Waals surface area contributed by atoms with Crippen molar-refractivity contribution >= 4 is 21.9 Å². The fourth-order valence-electron chi connectivity index (χ4n) is 2.57. The van der Waals surface area contributed by atoms with Gasteiger partial charge in [0.25, 0.3) is 0 Å². The van der Waals surface area contributed by atoms with Gasteiger partial charge in [0.15, 0.2) is 0 Å². The van der Waals surface area contributed by atoms with E-state index < -0.39 is 22.0 Å². The van der Waals surface area contributed by atoms with Crippen LogP contribution in [0.3, 0.4) is 0 Å². The second-order valence-electron chi connectivity index (χ2n) is 10.2. The fraction of sp³-hybridized carbons (Fsp3) is 0.905.